The summed E-state index contributed by atoms with van der Waals surface area (Å²) < 4.78 is 0. The van der Waals surface area contributed by atoms with Crippen LogP contribution in [0.1, 0.15) is 25.7 Å². The van der Waals surface area contributed by atoms with E-state index in [4.69, 9.17) is 0 Å². The molecule has 0 spiro atoms. The van der Waals surface area contributed by atoms with Gasteiger partial charge in [0.15, 0.2) is 0 Å². The summed E-state index contributed by atoms with van der Waals surface area (Å²) in [6.07, 6.45) is 4.62. The summed E-state index contributed by atoms with van der Waals surface area (Å²) in [5, 5.41) is 4.12. The van der Waals surface area contributed by atoms with E-state index in [2.05, 4.69) is 34.2 Å². The second-order valence-electron chi connectivity index (χ2n) is 4.03. The minimum Gasteiger partial charge on any atom is -0.358 e. The molecule has 0 bridgehead atoms. The summed E-state index contributed by atoms with van der Waals surface area (Å²) in [7, 11) is 7.46. The zero-order valence-corrected chi connectivity index (χ0v) is 11.7. The first-order valence-electron chi connectivity index (χ1n) is 6.20. The number of hydrogen-bond acceptors (Lipinski definition) is 2. The maximum Gasteiger partial charge on any atom is 0.146 e. The van der Waals surface area contributed by atoms with Gasteiger partial charge in [0.1, 0.15) is 5.84 Å². The van der Waals surface area contributed by atoms with E-state index in [-0.39, 0.29) is 0 Å². The second-order valence-corrected chi connectivity index (χ2v) is 4.03. The van der Waals surface area contributed by atoms with Gasteiger partial charge in [-0.15, -0.1) is 0 Å². The number of amidine groups is 1. The van der Waals surface area contributed by atoms with Crippen molar-refractivity contribution in [3.8, 4) is 0 Å². The van der Waals surface area contributed by atoms with E-state index in [9.17, 15) is 0 Å². The summed E-state index contributed by atoms with van der Waals surface area (Å²) in [4.78, 5) is 10.7. The van der Waals surface area contributed by atoms with E-state index in [0.717, 1.165) is 24.5 Å². The molecular weight excluding hydrogens is 212 g/mol. The SMILES string of the molecule is [CH2]CCCCCN(C)C(=NC)C(C[N]C)=NC. The summed E-state index contributed by atoms with van der Waals surface area (Å²) in [6.45, 7) is 5.49. The molecule has 0 amide bonds. The normalized spacial score (nSPS) is 13.0. The zero-order chi connectivity index (χ0) is 13.1. The molecule has 0 aromatic carbocycles. The van der Waals surface area contributed by atoms with Gasteiger partial charge in [-0.25, -0.2) is 5.32 Å². The number of hydrogen-bond donors (Lipinski definition) is 0. The first-order chi connectivity index (χ1) is 8.21. The van der Waals surface area contributed by atoms with Gasteiger partial charge >= 0.3 is 0 Å². The van der Waals surface area contributed by atoms with Gasteiger partial charge in [-0.1, -0.05) is 26.2 Å². The van der Waals surface area contributed by atoms with Crippen molar-refractivity contribution in [3.05, 3.63) is 6.92 Å². The fraction of sp³-hybridized carbons (Fsp3) is 0.769. The van der Waals surface area contributed by atoms with E-state index < -0.39 is 0 Å². The molecule has 0 unspecified atom stereocenters. The highest BCUT2D eigenvalue weighted by Gasteiger charge is 2.11. The Bertz CT molecular complexity index is 246. The number of unbranched alkanes of at least 4 members (excludes halogenated alkanes) is 3. The first kappa shape index (κ1) is 16.1. The van der Waals surface area contributed by atoms with Crippen LogP contribution in [0.3, 0.4) is 0 Å². The minimum atomic E-state index is 0.631. The van der Waals surface area contributed by atoms with Crippen LogP contribution in [-0.4, -0.2) is 57.7 Å². The Balaban J connectivity index is 4.25. The molecule has 0 fully saturated rings. The molecule has 4 nitrogen and oxygen atoms in total. The molecule has 0 rings (SSSR count). The van der Waals surface area contributed by atoms with Crippen LogP contribution >= 0.6 is 0 Å². The topological polar surface area (TPSA) is 42.1 Å². The largest absolute Gasteiger partial charge is 0.358 e. The highest BCUT2D eigenvalue weighted by atomic mass is 15.2. The highest BCUT2D eigenvalue weighted by molar-refractivity contribution is 6.42. The average molecular weight is 238 g/mol. The van der Waals surface area contributed by atoms with Crippen LogP contribution < -0.4 is 5.32 Å². The molecule has 0 aliphatic carbocycles. The second kappa shape index (κ2) is 10.3. The maximum atomic E-state index is 4.32. The lowest BCUT2D eigenvalue weighted by Gasteiger charge is -2.21. The van der Waals surface area contributed by atoms with Gasteiger partial charge < -0.3 is 4.90 Å². The van der Waals surface area contributed by atoms with Crippen molar-refractivity contribution in [3.63, 3.8) is 0 Å². The molecule has 0 heterocycles. The average Bonchev–Trinajstić information content (AvgIpc) is 2.34. The quantitative estimate of drug-likeness (QED) is 0.360. The van der Waals surface area contributed by atoms with Crippen LogP contribution in [-0.2, 0) is 0 Å². The van der Waals surface area contributed by atoms with Crippen molar-refractivity contribution >= 4 is 11.5 Å². The monoisotopic (exact) mass is 238 g/mol. The van der Waals surface area contributed by atoms with Gasteiger partial charge in [0, 0.05) is 34.7 Å². The van der Waals surface area contributed by atoms with Crippen molar-refractivity contribution in [2.24, 2.45) is 9.98 Å². The van der Waals surface area contributed by atoms with Crippen molar-refractivity contribution < 1.29 is 0 Å². The molecule has 0 aromatic rings. The van der Waals surface area contributed by atoms with Crippen LogP contribution in [0.5, 0.6) is 0 Å². The predicted molar refractivity (Wildman–Crippen MR) is 76.1 cm³/mol. The first-order valence-corrected chi connectivity index (χ1v) is 6.20. The van der Waals surface area contributed by atoms with Crippen LogP contribution in [0.4, 0.5) is 0 Å². The lowest BCUT2D eigenvalue weighted by Crippen LogP contribution is -2.37. The van der Waals surface area contributed by atoms with Gasteiger partial charge in [0.25, 0.3) is 0 Å². The summed E-state index contributed by atoms with van der Waals surface area (Å²) in [5.74, 6) is 0.952. The molecule has 0 N–H and O–H groups in total. The fourth-order valence-electron chi connectivity index (χ4n) is 1.72. The highest BCUT2D eigenvalue weighted by Crippen LogP contribution is 2.01. The van der Waals surface area contributed by atoms with E-state index in [1.807, 2.05) is 7.05 Å². The van der Waals surface area contributed by atoms with Crippen LogP contribution in [0.25, 0.3) is 0 Å². The Hall–Kier alpha value is -0.900. The predicted octanol–water partition coefficient (Wildman–Crippen LogP) is 1.65. The van der Waals surface area contributed by atoms with E-state index in [0.29, 0.717) is 6.54 Å². The Morgan fingerprint density at radius 1 is 1.06 bits per heavy atom. The lowest BCUT2D eigenvalue weighted by atomic mass is 10.2. The molecule has 2 radical (unpaired) electrons. The molecule has 17 heavy (non-hydrogen) atoms. The Morgan fingerprint density at radius 2 is 1.76 bits per heavy atom. The summed E-state index contributed by atoms with van der Waals surface area (Å²) >= 11 is 0. The third-order valence-electron chi connectivity index (χ3n) is 2.65. The van der Waals surface area contributed by atoms with Crippen LogP contribution in [0.2, 0.25) is 0 Å². The van der Waals surface area contributed by atoms with Gasteiger partial charge in [0.05, 0.1) is 12.3 Å². The molecule has 0 saturated heterocycles. The van der Waals surface area contributed by atoms with Gasteiger partial charge in [0.2, 0.25) is 0 Å². The zero-order valence-electron chi connectivity index (χ0n) is 11.7. The molecule has 0 saturated carbocycles. The standard InChI is InChI=1S/C13H26N4/c1-6-7-8-9-10-17(5)13(16-4)12(15-3)11-14-2/h1,6-11H2,2-5H3. The lowest BCUT2D eigenvalue weighted by molar-refractivity contribution is 0.476. The molecule has 0 aliphatic rings. The summed E-state index contributed by atoms with van der Waals surface area (Å²) in [6, 6.07) is 0. The van der Waals surface area contributed by atoms with Gasteiger partial charge in [-0.05, 0) is 6.42 Å². The van der Waals surface area contributed by atoms with E-state index in [1.54, 1.807) is 14.1 Å². The van der Waals surface area contributed by atoms with E-state index >= 15 is 0 Å². The molecular formula is C13H26N4. The maximum absolute atomic E-state index is 4.32. The Labute approximate surface area is 106 Å². The molecule has 0 atom stereocenters. The molecule has 4 heteroatoms. The smallest absolute Gasteiger partial charge is 0.146 e. The molecule has 0 aromatic heterocycles. The third kappa shape index (κ3) is 6.41. The van der Waals surface area contributed by atoms with Crippen molar-refractivity contribution in [2.45, 2.75) is 25.7 Å². The third-order valence-corrected chi connectivity index (χ3v) is 2.65. The molecule has 0 aliphatic heterocycles. The van der Waals surface area contributed by atoms with Crippen molar-refractivity contribution in [2.75, 3.05) is 41.3 Å². The number of aliphatic imine (C=N–C) groups is 2. The minimum absolute atomic E-state index is 0.631. The number of rotatable bonds is 8. The van der Waals surface area contributed by atoms with Crippen LogP contribution in [0, 0.1) is 6.92 Å². The Morgan fingerprint density at radius 3 is 2.24 bits per heavy atom. The van der Waals surface area contributed by atoms with Crippen molar-refractivity contribution in [1.82, 2.24) is 10.2 Å². The van der Waals surface area contributed by atoms with Gasteiger partial charge in [-0.2, -0.15) is 0 Å². The molecule has 98 valence electrons. The number of nitrogens with zero attached hydrogens (tertiary/aromatic N) is 4. The summed E-state index contributed by atoms with van der Waals surface area (Å²) in [5.41, 5.74) is 0.953. The van der Waals surface area contributed by atoms with Gasteiger partial charge in [-0.3, -0.25) is 9.98 Å². The van der Waals surface area contributed by atoms with Crippen molar-refractivity contribution in [1.29, 1.82) is 0 Å². The van der Waals surface area contributed by atoms with Crippen LogP contribution in [0.15, 0.2) is 9.98 Å². The fourth-order valence-corrected chi connectivity index (χ4v) is 1.72. The van der Waals surface area contributed by atoms with E-state index in [1.165, 1.54) is 19.3 Å². The Kier molecular flexibility index (Phi) is 9.72.